The van der Waals surface area contributed by atoms with Gasteiger partial charge >= 0.3 is 5.97 Å². The smallest absolute Gasteiger partial charge is 0.335 e. The number of ether oxygens (including phenoxy) is 6. The van der Waals surface area contributed by atoms with Crippen LogP contribution in [-0.4, -0.2) is 50.7 Å². The Kier molecular flexibility index (Phi) is 31.7. The number of hydrogen-bond acceptors (Lipinski definition) is 10. The van der Waals surface area contributed by atoms with Crippen LogP contribution in [0.1, 0.15) is 200 Å². The number of carboxylic acids is 1. The minimum Gasteiger partial charge on any atom is -0.494 e. The van der Waals surface area contributed by atoms with Gasteiger partial charge in [-0.2, -0.15) is 15.8 Å². The molecule has 0 aliphatic rings. The fraction of sp³-hybridized carbons (Fsp3) is 0.418. The Bertz CT molecular complexity index is 3100. The van der Waals surface area contributed by atoms with E-state index in [1.54, 1.807) is 12.1 Å². The van der Waals surface area contributed by atoms with Crippen molar-refractivity contribution < 1.29 is 38.3 Å². The normalized spacial score (nSPS) is 10.9. The Morgan fingerprint density at radius 1 is 0.278 bits per heavy atom. The Morgan fingerprint density at radius 2 is 0.478 bits per heavy atom. The van der Waals surface area contributed by atoms with Crippen molar-refractivity contribution in [2.24, 2.45) is 0 Å². The summed E-state index contributed by atoms with van der Waals surface area (Å²) in [4.78, 5) is 12.4. The van der Waals surface area contributed by atoms with Gasteiger partial charge in [0, 0.05) is 0 Å². The van der Waals surface area contributed by atoms with Gasteiger partial charge < -0.3 is 33.5 Å². The van der Waals surface area contributed by atoms with Gasteiger partial charge in [-0.3, -0.25) is 0 Å². The zero-order valence-electron chi connectivity index (χ0n) is 53.0. The number of hydrogen-bond donors (Lipinski definition) is 1. The molecule has 0 heterocycles. The number of carboxylic acid groups (broad SMARTS) is 1. The number of aromatic carboxylic acids is 1. The number of carbonyl (C=O) groups is 1. The van der Waals surface area contributed by atoms with Crippen LogP contribution in [0.25, 0.3) is 33.4 Å². The summed E-state index contributed by atoms with van der Waals surface area (Å²) < 4.78 is 37.2. The predicted octanol–water partition coefficient (Wildman–Crippen LogP) is 20.9. The number of rotatable bonds is 46. The summed E-state index contributed by atoms with van der Waals surface area (Å²) >= 11 is 0. The zero-order chi connectivity index (χ0) is 62.9. The Morgan fingerprint density at radius 3 is 0.700 bits per heavy atom. The second-order valence-corrected chi connectivity index (χ2v) is 23.4. The van der Waals surface area contributed by atoms with Gasteiger partial charge in [0.2, 0.25) is 5.75 Å². The van der Waals surface area contributed by atoms with E-state index in [0.717, 1.165) is 147 Å². The Hall–Kier alpha value is -8.72. The number of nitrogens with zero attached hydrogens (tertiary/aromatic N) is 3. The van der Waals surface area contributed by atoms with Crippen LogP contribution < -0.4 is 28.4 Å². The highest BCUT2D eigenvalue weighted by Crippen LogP contribution is 2.40. The van der Waals surface area contributed by atoms with Crippen LogP contribution in [0.15, 0.2) is 158 Å². The van der Waals surface area contributed by atoms with Crippen molar-refractivity contribution in [3.05, 3.63) is 180 Å². The molecule has 0 atom stereocenters. The molecule has 7 rings (SSSR count). The molecule has 0 aromatic heterocycles. The summed E-state index contributed by atoms with van der Waals surface area (Å²) in [7, 11) is 0. The van der Waals surface area contributed by atoms with Crippen molar-refractivity contribution in [1.82, 2.24) is 0 Å². The molecule has 0 amide bonds. The quantitative estimate of drug-likeness (QED) is 0.0361. The third kappa shape index (κ3) is 25.8. The van der Waals surface area contributed by atoms with E-state index < -0.39 is 5.97 Å². The van der Waals surface area contributed by atoms with E-state index >= 15 is 0 Å². The third-order valence-corrected chi connectivity index (χ3v) is 16.3. The maximum absolute atomic E-state index is 12.4. The minimum absolute atomic E-state index is 0.133. The average molecular weight is 1210 g/mol. The summed E-state index contributed by atoms with van der Waals surface area (Å²) in [6.45, 7) is 3.58. The van der Waals surface area contributed by atoms with Crippen LogP contribution in [0.5, 0.6) is 34.5 Å². The highest BCUT2D eigenvalue weighted by atomic mass is 16.5. The van der Waals surface area contributed by atoms with Gasteiger partial charge in [-0.1, -0.05) is 208 Å². The van der Waals surface area contributed by atoms with E-state index in [0.29, 0.717) is 73.6 Å². The molecule has 11 nitrogen and oxygen atoms in total. The SMILES string of the molecule is N#Cc1ccc(-c2ccc(OCCCCCCCCCCCOc3cc(C(=O)O)cc(OCCCCCCCCCCCOc4ccc(-c5ccc(C#N)cc5)cc4)c3OCCCCCCCCCCCOc3ccc(-c4ccc(C#N)cc4)cc3)cc2)cc1. The van der Waals surface area contributed by atoms with Crippen LogP contribution in [0.4, 0.5) is 0 Å². The van der Waals surface area contributed by atoms with Gasteiger partial charge in [0.15, 0.2) is 11.5 Å². The van der Waals surface area contributed by atoms with Crippen molar-refractivity contribution >= 4 is 5.97 Å². The van der Waals surface area contributed by atoms with Gasteiger partial charge in [0.1, 0.15) is 17.2 Å². The van der Waals surface area contributed by atoms with Gasteiger partial charge in [0.25, 0.3) is 0 Å². The molecule has 0 aliphatic carbocycles. The Labute approximate surface area is 536 Å². The molecule has 0 saturated heterocycles. The predicted molar refractivity (Wildman–Crippen MR) is 361 cm³/mol. The number of nitriles is 3. The summed E-state index contributed by atoms with van der Waals surface area (Å²) in [5.74, 6) is 3.00. The van der Waals surface area contributed by atoms with E-state index in [9.17, 15) is 9.90 Å². The number of benzene rings is 7. The first-order chi connectivity index (χ1) is 44.4. The van der Waals surface area contributed by atoms with Crippen molar-refractivity contribution in [2.45, 2.75) is 173 Å². The van der Waals surface area contributed by atoms with Gasteiger partial charge in [-0.25, -0.2) is 4.79 Å². The van der Waals surface area contributed by atoms with Gasteiger partial charge in [-0.15, -0.1) is 0 Å². The van der Waals surface area contributed by atoms with Gasteiger partial charge in [-0.05, 0) is 157 Å². The monoisotopic (exact) mass is 1210 g/mol. The third-order valence-electron chi connectivity index (χ3n) is 16.3. The van der Waals surface area contributed by atoms with E-state index in [-0.39, 0.29) is 5.56 Å². The fourth-order valence-corrected chi connectivity index (χ4v) is 10.9. The topological polar surface area (TPSA) is 164 Å². The van der Waals surface area contributed by atoms with Crippen molar-refractivity contribution in [3.63, 3.8) is 0 Å². The summed E-state index contributed by atoms with van der Waals surface area (Å²) in [6.07, 6.45) is 30.0. The molecular formula is C79H93N3O8. The van der Waals surface area contributed by atoms with E-state index in [4.69, 9.17) is 44.2 Å². The zero-order valence-corrected chi connectivity index (χ0v) is 53.0. The van der Waals surface area contributed by atoms with Gasteiger partial charge in [0.05, 0.1) is 80.1 Å². The van der Waals surface area contributed by atoms with Crippen LogP contribution >= 0.6 is 0 Å². The van der Waals surface area contributed by atoms with E-state index in [1.807, 2.05) is 109 Å². The molecule has 0 spiro atoms. The second-order valence-electron chi connectivity index (χ2n) is 23.4. The molecule has 11 heteroatoms. The second kappa shape index (κ2) is 41.5. The van der Waals surface area contributed by atoms with Crippen LogP contribution in [0, 0.1) is 34.0 Å². The lowest BCUT2D eigenvalue weighted by Gasteiger charge is -2.18. The molecule has 472 valence electrons. The van der Waals surface area contributed by atoms with Crippen molar-refractivity contribution in [1.29, 1.82) is 15.8 Å². The van der Waals surface area contributed by atoms with Crippen LogP contribution in [0.3, 0.4) is 0 Å². The molecule has 0 saturated carbocycles. The molecular weight excluding hydrogens is 1120 g/mol. The maximum atomic E-state index is 12.4. The first-order valence-corrected chi connectivity index (χ1v) is 33.4. The molecule has 7 aromatic rings. The summed E-state index contributed by atoms with van der Waals surface area (Å²) in [5, 5.41) is 37.4. The molecule has 7 aromatic carbocycles. The fourth-order valence-electron chi connectivity index (χ4n) is 10.9. The van der Waals surface area contributed by atoms with Crippen molar-refractivity contribution in [2.75, 3.05) is 39.6 Å². The first-order valence-electron chi connectivity index (χ1n) is 33.4. The Balaban J connectivity index is 0.753. The van der Waals surface area contributed by atoms with E-state index in [2.05, 4.69) is 54.6 Å². The summed E-state index contributed by atoms with van der Waals surface area (Å²) in [6, 6.07) is 57.0. The first kappa shape index (κ1) is 68.8. The van der Waals surface area contributed by atoms with Crippen molar-refractivity contribution in [3.8, 4) is 86.1 Å². The molecule has 1 N–H and O–H groups in total. The average Bonchev–Trinajstić information content (AvgIpc) is 2.43. The molecule has 0 unspecified atom stereocenters. The molecule has 0 radical (unpaired) electrons. The lowest BCUT2D eigenvalue weighted by Crippen LogP contribution is -2.08. The standard InChI is InChI=1S/C79H93N3O8/c80-60-63-28-34-66(35-29-63)69-40-46-73(47-41-69)85-52-22-16-10-4-1-7-13-19-25-55-88-76-58-72(79(83)84)59-77(89-56-26-20-14-8-2-5-11-17-23-53-86-74-48-42-70(43-49-74)67-36-30-64(61-81)31-37-67)78(76)90-57-27-21-15-9-3-6-12-18-24-54-87-75-50-44-71(45-51-75)68-38-32-65(62-82)33-39-68/h28-51,58-59H,1-27,52-57H2,(H,83,84). The maximum Gasteiger partial charge on any atom is 0.335 e. The molecule has 0 aliphatic heterocycles. The molecule has 0 bridgehead atoms. The van der Waals surface area contributed by atoms with E-state index in [1.165, 1.54) is 77.0 Å². The summed E-state index contributed by atoms with van der Waals surface area (Å²) in [5.41, 5.74) is 8.66. The number of unbranched alkanes of at least 4 members (excludes halogenated alkanes) is 24. The lowest BCUT2D eigenvalue weighted by molar-refractivity contribution is 0.0695. The highest BCUT2D eigenvalue weighted by molar-refractivity contribution is 5.89. The van der Waals surface area contributed by atoms with Crippen LogP contribution in [0.2, 0.25) is 0 Å². The van der Waals surface area contributed by atoms with Crippen LogP contribution in [-0.2, 0) is 0 Å². The minimum atomic E-state index is -1.02. The largest absolute Gasteiger partial charge is 0.494 e. The molecule has 0 fully saturated rings. The molecule has 90 heavy (non-hydrogen) atoms. The highest BCUT2D eigenvalue weighted by Gasteiger charge is 2.19. The lowest BCUT2D eigenvalue weighted by atomic mass is 10.0.